The number of aliphatic carboxylic acids is 2. The number of aromatic amines is 4. The number of hydrogen-bond acceptors (Lipinski definition) is 18. The molecule has 4 aromatic heterocycles. The van der Waals surface area contributed by atoms with Gasteiger partial charge in [0, 0.05) is 129 Å². The molecular formula is C83H108N18O16. The molecule has 8 rings (SSSR count). The number of para-hydroxylation sites is 2. The molecule has 0 saturated heterocycles. The van der Waals surface area contributed by atoms with Crippen LogP contribution in [0.5, 0.6) is 0 Å². The Kier molecular flexibility index (Phi) is 34.2. The van der Waals surface area contributed by atoms with Crippen LogP contribution in [0.25, 0.3) is 21.8 Å². The zero-order chi connectivity index (χ0) is 84.8. The van der Waals surface area contributed by atoms with Crippen LogP contribution in [0.15, 0.2) is 140 Å². The van der Waals surface area contributed by atoms with E-state index in [0.717, 1.165) is 10.9 Å². The third-order valence-electron chi connectivity index (χ3n) is 20.6. The number of aliphatic hydroxyl groups excluding tert-OH is 1. The number of benzene rings is 3. The molecule has 0 radical (unpaired) electrons. The zero-order valence-corrected chi connectivity index (χ0v) is 66.0. The minimum Gasteiger partial charge on any atom is -0.481 e. The van der Waals surface area contributed by atoms with Crippen molar-refractivity contribution >= 4 is 104 Å². The number of nitrogens with two attached hydrogens (primary N) is 3. The predicted molar refractivity (Wildman–Crippen MR) is 433 cm³/mol. The standard InChI is InChI=1S/C83H108N18O16/c1-46(2)29-68(75(85)109)100-81(115)70(35-55-41-92-63-21-13-10-19-59(55)63)101-77(111)53(34-56-42-88-44-93-56)36-71(104)60(47(3)102)39-73(106)67(38-57-43-89-45-94-57)99-78(112)61(84)31-51-25-24-50(30-51)17-8-11-22-66(82(116)117)98-76(110)52(33-54-40-91-62-20-12-9-18-58(54)62)37-72(105)64(26-27-74(107)108)96-79(113)65(23-14-28-90-83(86)87)97-80(114)69(95-48(4)103)32-49-15-6-5-7-16-49/h5-7,9-10,12-13,15-16,18-21,24-25,30,40-47,50,52-53,60-61,64-70,91-92,102H,8,11,14,17,22-23,26-29,31-39,84H2,1-4H3,(H2,85,109)(H,88,93)(H,89,94)(H,95,103)(H,96,113)(H,97,114)(H,98,110)(H,99,112)(H,100,115)(H,101,111)(H,107,108)(H,116,117)(H4,86,87,90)/t47?,50?,52-,53-,60?,61?,64?,65+,66?,67+,68+,69+,70?/m0/s1. The number of fused-ring (bicyclic) bond motifs is 2. The summed E-state index contributed by atoms with van der Waals surface area (Å²) >= 11 is 0. The van der Waals surface area contributed by atoms with Gasteiger partial charge in [-0.3, -0.25) is 62.9 Å². The number of carboxylic acid groups (broad SMARTS) is 2. The summed E-state index contributed by atoms with van der Waals surface area (Å²) in [5, 5.41) is 62.2. The molecule has 0 spiro atoms. The lowest BCUT2D eigenvalue weighted by atomic mass is 9.84. The number of amides is 8. The molecule has 117 heavy (non-hydrogen) atoms. The lowest BCUT2D eigenvalue weighted by molar-refractivity contribution is -0.143. The summed E-state index contributed by atoms with van der Waals surface area (Å²) < 4.78 is 0. The van der Waals surface area contributed by atoms with Crippen LogP contribution in [0.4, 0.5) is 0 Å². The van der Waals surface area contributed by atoms with Gasteiger partial charge >= 0.3 is 11.9 Å². The molecule has 3 aromatic carbocycles. The third kappa shape index (κ3) is 28.5. The molecule has 34 heteroatoms. The maximum atomic E-state index is 14.7. The fourth-order valence-electron chi connectivity index (χ4n) is 14.4. The highest BCUT2D eigenvalue weighted by Gasteiger charge is 2.38. The second-order valence-corrected chi connectivity index (χ2v) is 30.4. The number of nitrogens with one attached hydrogen (secondary N) is 13. The number of carbonyl (C=O) groups is 13. The summed E-state index contributed by atoms with van der Waals surface area (Å²) in [7, 11) is 0. The molecule has 0 saturated carbocycles. The number of Topliss-reactive ketones (excluding diaryl/α,β-unsaturated/α-hetero) is 3. The van der Waals surface area contributed by atoms with Crippen LogP contribution >= 0.6 is 0 Å². The van der Waals surface area contributed by atoms with Crippen molar-refractivity contribution in [2.45, 2.75) is 198 Å². The van der Waals surface area contributed by atoms with Gasteiger partial charge in [-0.2, -0.15) is 0 Å². The van der Waals surface area contributed by atoms with Crippen molar-refractivity contribution in [2.24, 2.45) is 46.8 Å². The molecule has 0 bridgehead atoms. The van der Waals surface area contributed by atoms with E-state index in [-0.39, 0.29) is 88.5 Å². The van der Waals surface area contributed by atoms with E-state index in [9.17, 15) is 77.6 Å². The Balaban J connectivity index is 0.891. The van der Waals surface area contributed by atoms with Gasteiger partial charge < -0.3 is 95.0 Å². The predicted octanol–water partition coefficient (Wildman–Crippen LogP) is 3.26. The number of unbranched alkanes of at least 4 members (excludes halogenated alkanes) is 1. The van der Waals surface area contributed by atoms with Crippen LogP contribution < -0.4 is 59.7 Å². The highest BCUT2D eigenvalue weighted by atomic mass is 16.4. The van der Waals surface area contributed by atoms with Crippen molar-refractivity contribution in [1.82, 2.24) is 72.4 Å². The number of hydrogen-bond donors (Lipinski definition) is 19. The van der Waals surface area contributed by atoms with E-state index in [4.69, 9.17) is 22.6 Å². The van der Waals surface area contributed by atoms with Gasteiger partial charge in [-0.15, -0.1) is 0 Å². The molecule has 22 N–H and O–H groups in total. The molecule has 4 heterocycles. The minimum atomic E-state index is -1.53. The largest absolute Gasteiger partial charge is 0.481 e. The number of rotatable bonds is 51. The number of primary amides is 1. The first-order chi connectivity index (χ1) is 55.9. The van der Waals surface area contributed by atoms with E-state index in [1.54, 1.807) is 73.1 Å². The fourth-order valence-corrected chi connectivity index (χ4v) is 14.4. The van der Waals surface area contributed by atoms with E-state index >= 15 is 0 Å². The summed E-state index contributed by atoms with van der Waals surface area (Å²) in [4.78, 5) is 200. The number of ketones is 3. The van der Waals surface area contributed by atoms with E-state index in [1.807, 2.05) is 50.3 Å². The number of allylic oxidation sites excluding steroid dienone is 3. The average molecular weight is 1610 g/mol. The molecule has 1 aliphatic rings. The number of guanidine groups is 1. The molecule has 8 amide bonds. The van der Waals surface area contributed by atoms with Crippen LogP contribution in [-0.4, -0.2) is 189 Å². The number of carboxylic acids is 2. The van der Waals surface area contributed by atoms with Crippen molar-refractivity contribution < 1.29 is 77.6 Å². The van der Waals surface area contributed by atoms with Crippen molar-refractivity contribution in [2.75, 3.05) is 6.54 Å². The Hall–Kier alpha value is -12.5. The van der Waals surface area contributed by atoms with E-state index in [1.165, 1.54) is 38.9 Å². The minimum absolute atomic E-state index is 0.0191. The Bertz CT molecular complexity index is 4650. The second kappa shape index (κ2) is 44.4. The van der Waals surface area contributed by atoms with Crippen LogP contribution in [-0.2, 0) is 94.4 Å². The molecule has 0 fully saturated rings. The third-order valence-corrected chi connectivity index (χ3v) is 20.6. The number of H-pyrrole nitrogens is 4. The van der Waals surface area contributed by atoms with Gasteiger partial charge in [-0.05, 0) is 105 Å². The van der Waals surface area contributed by atoms with Gasteiger partial charge in [-0.1, -0.05) is 112 Å². The summed E-state index contributed by atoms with van der Waals surface area (Å²) in [5.41, 5.74) is 22.8. The first kappa shape index (κ1) is 90.1. The summed E-state index contributed by atoms with van der Waals surface area (Å²) in [6, 6.07) is 13.0. The van der Waals surface area contributed by atoms with Gasteiger partial charge in [0.05, 0.1) is 48.7 Å². The first-order valence-corrected chi connectivity index (χ1v) is 39.3. The second-order valence-electron chi connectivity index (χ2n) is 30.4. The highest BCUT2D eigenvalue weighted by Crippen LogP contribution is 2.29. The van der Waals surface area contributed by atoms with Crippen molar-refractivity contribution in [3.63, 3.8) is 0 Å². The van der Waals surface area contributed by atoms with Crippen molar-refractivity contribution in [1.29, 1.82) is 5.41 Å². The highest BCUT2D eigenvalue weighted by molar-refractivity contribution is 5.99. The van der Waals surface area contributed by atoms with Crippen LogP contribution in [0.2, 0.25) is 0 Å². The zero-order valence-electron chi connectivity index (χ0n) is 66.0. The molecule has 34 nitrogen and oxygen atoms in total. The van der Waals surface area contributed by atoms with Gasteiger partial charge in [0.1, 0.15) is 36.0 Å². The van der Waals surface area contributed by atoms with Crippen LogP contribution in [0.3, 0.4) is 0 Å². The number of imidazole rings is 2. The quantitative estimate of drug-likeness (QED) is 0.0148. The number of nitrogens with zero attached hydrogens (tertiary/aromatic N) is 2. The molecule has 7 unspecified atom stereocenters. The normalized spacial score (nSPS) is 15.6. The lowest BCUT2D eigenvalue weighted by Gasteiger charge is -2.26. The SMILES string of the molecule is CC(=O)N[C@H](Cc1ccccc1)C(=O)N[C@H](CCCNC(=N)N)C(=O)NC(CCC(=O)O)C(=O)C[C@H](Cc1c[nH]c2ccccc12)C(=O)NC(CCCCC1C=CC(CC(N)C(=O)N[C@H](Cc2cnc[nH]2)C(=O)CC(C(=O)C[C@H](Cc2cnc[nH]2)C(=O)NC(Cc2c[nH]c3ccccc23)C(=O)N[C@H](CC(C)C)C(N)=O)C(C)O)=C1)C(=O)O. The monoisotopic (exact) mass is 1610 g/mol. The smallest absolute Gasteiger partial charge is 0.326 e. The van der Waals surface area contributed by atoms with Gasteiger partial charge in [0.25, 0.3) is 0 Å². The first-order valence-electron chi connectivity index (χ1n) is 39.3. The molecule has 626 valence electrons. The van der Waals surface area contributed by atoms with Gasteiger partial charge in [0.15, 0.2) is 17.5 Å². The summed E-state index contributed by atoms with van der Waals surface area (Å²) in [6.45, 7) is 6.37. The molecule has 1 aliphatic carbocycles. The average Bonchev–Trinajstić information content (AvgIpc) is 1.72. The number of aromatic nitrogens is 6. The number of carbonyl (C=O) groups excluding carboxylic acids is 11. The Morgan fingerprint density at radius 3 is 1.64 bits per heavy atom. The lowest BCUT2D eigenvalue weighted by Crippen LogP contribution is -2.56. The van der Waals surface area contributed by atoms with Gasteiger partial charge in [-0.25, -0.2) is 14.8 Å². The fraction of sp³-hybridized carbons (Fsp3) is 0.446. The van der Waals surface area contributed by atoms with E-state index in [2.05, 4.69) is 72.4 Å². The Morgan fingerprint density at radius 2 is 1.06 bits per heavy atom. The maximum absolute atomic E-state index is 14.7. The van der Waals surface area contributed by atoms with Crippen LogP contribution in [0.1, 0.15) is 139 Å². The van der Waals surface area contributed by atoms with Crippen molar-refractivity contribution in [3.8, 4) is 0 Å². The summed E-state index contributed by atoms with van der Waals surface area (Å²) in [5.74, 6) is -15.1. The molecule has 13 atom stereocenters. The molecule has 7 aromatic rings. The molecule has 0 aliphatic heterocycles. The topological polar surface area (TPSA) is 570 Å². The van der Waals surface area contributed by atoms with Crippen LogP contribution in [0, 0.1) is 35.0 Å². The maximum Gasteiger partial charge on any atom is 0.326 e. The van der Waals surface area contributed by atoms with E-state index < -0.39 is 181 Å². The number of aliphatic hydroxyl groups is 1. The molecular weight excluding hydrogens is 1510 g/mol. The Morgan fingerprint density at radius 1 is 0.530 bits per heavy atom. The van der Waals surface area contributed by atoms with Crippen molar-refractivity contribution in [3.05, 3.63) is 168 Å². The Labute approximate surface area is 676 Å². The van der Waals surface area contributed by atoms with Gasteiger partial charge in [0.2, 0.25) is 47.3 Å². The van der Waals surface area contributed by atoms with E-state index in [0.29, 0.717) is 63.8 Å². The summed E-state index contributed by atoms with van der Waals surface area (Å²) in [6.07, 6.45) is 11.7.